The number of phenolic OH excluding ortho intramolecular Hbond substituents is 3. The van der Waals surface area contributed by atoms with E-state index in [1.54, 1.807) is 12.1 Å². The standard InChI is InChI=1S/C19H18O4.C12H13BrO.C7H6O3.CH3F.CH2O3.2K.H/c20-11-16-18(21)7-4-8-19(16)23-12-15-9-10-22-13-17(15)14-5-2-1-3-6-14;13-8-11-6-7-14-9-12(11)10-4-2-1-3-5-10;8-4-5-6(9)2-1-3-7(5)10;1-2;2-1-4-3;;;/h1-8,11,21H,9-10,12-13H2;1-5H,6-9H2;1-4,9-10H;1H3;1,3H;;;/q;;;;;2*+1;-1/p-1/i;;;1D;;;;. The summed E-state index contributed by atoms with van der Waals surface area (Å²) in [6.07, 6.45) is 2.86. The van der Waals surface area contributed by atoms with Crippen molar-refractivity contribution in [2.24, 2.45) is 0 Å². The Labute approximate surface area is 416 Å². The molecular weight excluding hydrogens is 834 g/mol. The molecule has 2 aliphatic heterocycles. The zero-order valence-electron chi connectivity index (χ0n) is 32.7. The van der Waals surface area contributed by atoms with Crippen molar-refractivity contribution in [2.45, 2.75) is 12.8 Å². The van der Waals surface area contributed by atoms with Crippen LogP contribution in [0.4, 0.5) is 4.39 Å². The number of alkyl halides is 2. The van der Waals surface area contributed by atoms with Gasteiger partial charge in [0.15, 0.2) is 12.6 Å². The average Bonchev–Trinajstić information content (AvgIpc) is 3.22. The fraction of sp³-hybridized carbons (Fsp3) is 0.225. The topological polar surface area (TPSA) is 172 Å². The van der Waals surface area contributed by atoms with Gasteiger partial charge in [0, 0.05) is 5.33 Å². The summed E-state index contributed by atoms with van der Waals surface area (Å²) >= 11 is 3.54. The second-order valence-electron chi connectivity index (χ2n) is 10.8. The number of ether oxygens (including phenoxy) is 3. The first-order valence-corrected chi connectivity index (χ1v) is 17.1. The molecule has 0 unspecified atom stereocenters. The molecule has 0 saturated carbocycles. The van der Waals surface area contributed by atoms with E-state index in [-0.39, 0.29) is 139 Å². The first kappa shape index (κ1) is 51.0. The second kappa shape index (κ2) is 32.0. The van der Waals surface area contributed by atoms with Gasteiger partial charge in [-0.25, -0.2) is 0 Å². The number of halogens is 2. The predicted molar refractivity (Wildman–Crippen MR) is 201 cm³/mol. The fourth-order valence-corrected chi connectivity index (χ4v) is 5.63. The van der Waals surface area contributed by atoms with E-state index in [0.717, 1.165) is 48.1 Å². The Bertz CT molecular complexity index is 1790. The summed E-state index contributed by atoms with van der Waals surface area (Å²) in [5, 5.41) is 36.9. The summed E-state index contributed by atoms with van der Waals surface area (Å²) in [6, 6.07) is 29.5. The summed E-state index contributed by atoms with van der Waals surface area (Å²) in [5.74, 6) is -0.0712. The molecule has 6 rings (SSSR count). The number of benzene rings is 4. The number of rotatable bonds is 9. The van der Waals surface area contributed by atoms with Crippen LogP contribution < -0.4 is 113 Å². The van der Waals surface area contributed by atoms with E-state index < -0.39 is 7.15 Å². The van der Waals surface area contributed by atoms with Crippen LogP contribution in [0.2, 0.25) is 0 Å². The number of carbonyl (C=O) groups is 3. The Morgan fingerprint density at radius 2 is 1.16 bits per heavy atom. The quantitative estimate of drug-likeness (QED) is 0.0714. The Morgan fingerprint density at radius 1 is 0.745 bits per heavy atom. The minimum atomic E-state index is -1.00. The van der Waals surface area contributed by atoms with Crippen LogP contribution in [0.5, 0.6) is 23.0 Å². The van der Waals surface area contributed by atoms with Gasteiger partial charge in [-0.2, -0.15) is 0 Å². The summed E-state index contributed by atoms with van der Waals surface area (Å²) in [7, 11) is -1.00. The van der Waals surface area contributed by atoms with E-state index in [1.165, 1.54) is 41.0 Å². The molecule has 0 aromatic heterocycles. The van der Waals surface area contributed by atoms with Gasteiger partial charge in [0.05, 0.1) is 46.1 Å². The molecule has 4 aromatic carbocycles. The van der Waals surface area contributed by atoms with E-state index in [2.05, 4.69) is 57.2 Å². The SMILES string of the molecule is BrCC1=C(c2ccccc2)COCC1.O=CO[O-].O=Cc1c(O)cccc1O.O=Cc1c(O)cccc1OCC1=C(c2ccccc2)COCC1.[2H]CF.[H-].[K+].[K+]. The maximum atomic E-state index is 11.1. The van der Waals surface area contributed by atoms with E-state index in [1.807, 2.05) is 24.3 Å². The third-order valence-electron chi connectivity index (χ3n) is 7.63. The first-order chi connectivity index (χ1) is 26.3. The first-order valence-electron chi connectivity index (χ1n) is 16.7. The second-order valence-corrected chi connectivity index (χ2v) is 11.3. The van der Waals surface area contributed by atoms with Crippen molar-refractivity contribution < 1.29 is 164 Å². The van der Waals surface area contributed by atoms with Gasteiger partial charge >= 0.3 is 103 Å². The van der Waals surface area contributed by atoms with Gasteiger partial charge in [-0.15, -0.1) is 0 Å². The average molecular weight is 877 g/mol. The van der Waals surface area contributed by atoms with E-state index in [0.29, 0.717) is 38.1 Å². The van der Waals surface area contributed by atoms with Crippen molar-refractivity contribution in [3.8, 4) is 23.0 Å². The van der Waals surface area contributed by atoms with Gasteiger partial charge in [0.1, 0.15) is 29.6 Å². The maximum Gasteiger partial charge on any atom is 1.00 e. The minimum Gasteiger partial charge on any atom is -1.00 e. The Morgan fingerprint density at radius 3 is 1.58 bits per heavy atom. The van der Waals surface area contributed by atoms with Crippen molar-refractivity contribution in [3.05, 3.63) is 130 Å². The molecule has 15 heteroatoms. The zero-order valence-corrected chi connectivity index (χ0v) is 38.5. The van der Waals surface area contributed by atoms with Crippen molar-refractivity contribution in [1.29, 1.82) is 0 Å². The van der Waals surface area contributed by atoms with Crippen molar-refractivity contribution >= 4 is 46.1 Å². The smallest absolute Gasteiger partial charge is 1.00 e. The molecule has 3 N–H and O–H groups in total. The molecule has 0 fully saturated rings. The molecule has 0 bridgehead atoms. The molecule has 4 aromatic rings. The number of hydrogen-bond donors (Lipinski definition) is 3. The fourth-order valence-electron chi connectivity index (χ4n) is 5.01. The molecule has 284 valence electrons. The van der Waals surface area contributed by atoms with Gasteiger partial charge in [0.25, 0.3) is 6.47 Å². The van der Waals surface area contributed by atoms with Crippen LogP contribution in [0.25, 0.3) is 11.1 Å². The molecule has 55 heavy (non-hydrogen) atoms. The van der Waals surface area contributed by atoms with Crippen molar-refractivity contribution in [3.63, 3.8) is 0 Å². The zero-order chi connectivity index (χ0) is 39.6. The van der Waals surface area contributed by atoms with E-state index in [9.17, 15) is 19.1 Å². The van der Waals surface area contributed by atoms with E-state index >= 15 is 0 Å². The number of carbonyl (C=O) groups excluding carboxylic acids is 3. The van der Waals surface area contributed by atoms with Crippen molar-refractivity contribution in [2.75, 3.05) is 45.5 Å². The van der Waals surface area contributed by atoms with Crippen LogP contribution in [-0.4, -0.2) is 79.9 Å². The van der Waals surface area contributed by atoms with Crippen LogP contribution in [0.15, 0.2) is 108 Å². The Kier molecular flexibility index (Phi) is 29.6. The number of aromatic hydroxyl groups is 3. The molecule has 2 heterocycles. The summed E-state index contributed by atoms with van der Waals surface area (Å²) in [4.78, 5) is 32.5. The molecule has 0 spiro atoms. The number of aldehydes is 2. The Balaban J connectivity index is 0. The number of hydrogen-bond acceptors (Lipinski definition) is 11. The molecule has 0 atom stereocenters. The van der Waals surface area contributed by atoms with Crippen LogP contribution in [0, 0.1) is 0 Å². The summed E-state index contributed by atoms with van der Waals surface area (Å²) in [5.41, 5.74) is 7.64. The third-order valence-corrected chi connectivity index (χ3v) is 8.31. The largest absolute Gasteiger partial charge is 1.00 e. The maximum absolute atomic E-state index is 11.1. The molecule has 0 saturated heterocycles. The molecule has 11 nitrogen and oxygen atoms in total. The molecule has 2 aliphatic rings. The monoisotopic (exact) mass is 875 g/mol. The van der Waals surface area contributed by atoms with Crippen LogP contribution >= 0.6 is 15.9 Å². The van der Waals surface area contributed by atoms with Gasteiger partial charge in [-0.3, -0.25) is 18.8 Å². The number of phenols is 3. The van der Waals surface area contributed by atoms with Gasteiger partial charge in [0.2, 0.25) is 0 Å². The molecule has 0 aliphatic carbocycles. The van der Waals surface area contributed by atoms with Crippen LogP contribution in [-0.2, 0) is 19.2 Å². The molecule has 0 radical (unpaired) electrons. The minimum absolute atomic E-state index is 0. The van der Waals surface area contributed by atoms with Crippen molar-refractivity contribution in [1.82, 2.24) is 0 Å². The molecular formula is C40H42BrFK2O11. The third kappa shape index (κ3) is 18.4. The summed E-state index contributed by atoms with van der Waals surface area (Å²) in [6.45, 7) is 3.03. The van der Waals surface area contributed by atoms with Gasteiger partial charge < -0.3 is 41.1 Å². The Hall–Kier alpha value is -2.07. The normalized spacial score (nSPS) is 12.9. The molecule has 0 amide bonds. The summed E-state index contributed by atoms with van der Waals surface area (Å²) < 4.78 is 32.4. The van der Waals surface area contributed by atoms with Crippen LogP contribution in [0.3, 0.4) is 0 Å². The van der Waals surface area contributed by atoms with Crippen LogP contribution in [0.1, 0.15) is 47.5 Å². The van der Waals surface area contributed by atoms with E-state index in [4.69, 9.17) is 35.8 Å². The van der Waals surface area contributed by atoms with Gasteiger partial charge in [-0.05, 0) is 65.0 Å². The predicted octanol–water partition coefficient (Wildman–Crippen LogP) is 0.764. The van der Waals surface area contributed by atoms with Gasteiger partial charge in [-0.1, -0.05) is 94.3 Å².